The molecule has 0 aliphatic rings. The van der Waals surface area contributed by atoms with Gasteiger partial charge in [-0.25, -0.2) is 4.39 Å². The SMILES string of the molecule is CCCCC[C@@H](C)NC(=O)CSc1nnc(Nc2cccc(F)c2)s1. The molecule has 1 aromatic heterocycles. The number of rotatable bonds is 10. The van der Waals surface area contributed by atoms with E-state index in [-0.39, 0.29) is 17.8 Å². The van der Waals surface area contributed by atoms with Crippen LogP contribution >= 0.6 is 23.1 Å². The van der Waals surface area contributed by atoms with E-state index in [2.05, 4.69) is 27.8 Å². The quantitative estimate of drug-likeness (QED) is 0.464. The summed E-state index contributed by atoms with van der Waals surface area (Å²) in [5, 5.41) is 14.6. The van der Waals surface area contributed by atoms with Crippen LogP contribution in [0.5, 0.6) is 0 Å². The van der Waals surface area contributed by atoms with E-state index in [1.54, 1.807) is 12.1 Å². The summed E-state index contributed by atoms with van der Waals surface area (Å²) in [6.45, 7) is 4.20. The van der Waals surface area contributed by atoms with Gasteiger partial charge in [0, 0.05) is 11.7 Å². The number of thioether (sulfide) groups is 1. The van der Waals surface area contributed by atoms with Gasteiger partial charge in [-0.1, -0.05) is 55.4 Å². The third-order valence-electron chi connectivity index (χ3n) is 3.46. The molecule has 0 spiro atoms. The number of amides is 1. The monoisotopic (exact) mass is 382 g/mol. The summed E-state index contributed by atoms with van der Waals surface area (Å²) < 4.78 is 13.9. The zero-order valence-corrected chi connectivity index (χ0v) is 16.1. The summed E-state index contributed by atoms with van der Waals surface area (Å²) >= 11 is 2.69. The largest absolute Gasteiger partial charge is 0.353 e. The zero-order chi connectivity index (χ0) is 18.1. The van der Waals surface area contributed by atoms with Crippen molar-refractivity contribution in [3.63, 3.8) is 0 Å². The van der Waals surface area contributed by atoms with Gasteiger partial charge >= 0.3 is 0 Å². The summed E-state index contributed by atoms with van der Waals surface area (Å²) in [5.41, 5.74) is 0.617. The zero-order valence-electron chi connectivity index (χ0n) is 14.4. The molecule has 5 nitrogen and oxygen atoms in total. The third kappa shape index (κ3) is 7.39. The number of unbranched alkanes of at least 4 members (excludes halogenated alkanes) is 2. The fourth-order valence-electron chi connectivity index (χ4n) is 2.22. The van der Waals surface area contributed by atoms with Crippen LogP contribution in [0.3, 0.4) is 0 Å². The van der Waals surface area contributed by atoms with Gasteiger partial charge < -0.3 is 10.6 Å². The molecule has 0 aliphatic heterocycles. The fourth-order valence-corrected chi connectivity index (χ4v) is 3.81. The van der Waals surface area contributed by atoms with Crippen LogP contribution < -0.4 is 10.6 Å². The lowest BCUT2D eigenvalue weighted by Crippen LogP contribution is -2.33. The van der Waals surface area contributed by atoms with Crippen LogP contribution in [-0.2, 0) is 4.79 Å². The number of aromatic nitrogens is 2. The highest BCUT2D eigenvalue weighted by Crippen LogP contribution is 2.27. The van der Waals surface area contributed by atoms with Gasteiger partial charge in [-0.3, -0.25) is 4.79 Å². The second kappa shape index (κ2) is 10.4. The van der Waals surface area contributed by atoms with Crippen LogP contribution in [-0.4, -0.2) is 27.9 Å². The van der Waals surface area contributed by atoms with E-state index in [1.807, 2.05) is 6.92 Å². The van der Waals surface area contributed by atoms with Gasteiger partial charge in [-0.2, -0.15) is 0 Å². The van der Waals surface area contributed by atoms with Crippen molar-refractivity contribution in [2.24, 2.45) is 0 Å². The van der Waals surface area contributed by atoms with E-state index < -0.39 is 0 Å². The molecule has 0 saturated carbocycles. The molecule has 0 radical (unpaired) electrons. The Morgan fingerprint density at radius 1 is 1.36 bits per heavy atom. The lowest BCUT2D eigenvalue weighted by molar-refractivity contribution is -0.119. The number of carbonyl (C=O) groups excluding carboxylic acids is 1. The standard InChI is InChI=1S/C17H23FN4OS2/c1-3-4-5-7-12(2)19-15(23)11-24-17-22-21-16(25-17)20-14-9-6-8-13(18)10-14/h6,8-10,12H,3-5,7,11H2,1-2H3,(H,19,23)(H,20,21)/t12-/m1/s1. The molecule has 1 aromatic carbocycles. The van der Waals surface area contributed by atoms with Crippen molar-refractivity contribution in [1.82, 2.24) is 15.5 Å². The van der Waals surface area contributed by atoms with Crippen molar-refractivity contribution in [1.29, 1.82) is 0 Å². The Kier molecular flexibility index (Phi) is 8.14. The van der Waals surface area contributed by atoms with E-state index in [0.29, 0.717) is 20.9 Å². The minimum Gasteiger partial charge on any atom is -0.353 e. The molecule has 1 atom stereocenters. The Balaban J connectivity index is 1.74. The molecule has 2 aromatic rings. The molecule has 136 valence electrons. The first-order chi connectivity index (χ1) is 12.1. The number of nitrogens with one attached hydrogen (secondary N) is 2. The van der Waals surface area contributed by atoms with Gasteiger partial charge in [0.15, 0.2) is 4.34 Å². The molecule has 2 rings (SSSR count). The number of nitrogens with zero attached hydrogens (tertiary/aromatic N) is 2. The number of benzene rings is 1. The Morgan fingerprint density at radius 3 is 2.96 bits per heavy atom. The molecule has 0 saturated heterocycles. The fraction of sp³-hybridized carbons (Fsp3) is 0.471. The van der Waals surface area contributed by atoms with Crippen LogP contribution in [0, 0.1) is 5.82 Å². The van der Waals surface area contributed by atoms with Crippen LogP contribution in [0.1, 0.15) is 39.5 Å². The second-order valence-corrected chi connectivity index (χ2v) is 7.96. The smallest absolute Gasteiger partial charge is 0.230 e. The first-order valence-electron chi connectivity index (χ1n) is 8.35. The topological polar surface area (TPSA) is 66.9 Å². The third-order valence-corrected chi connectivity index (χ3v) is 5.43. The van der Waals surface area contributed by atoms with Crippen molar-refractivity contribution < 1.29 is 9.18 Å². The van der Waals surface area contributed by atoms with Gasteiger partial charge in [-0.05, 0) is 31.5 Å². The predicted octanol–water partition coefficient (Wildman–Crippen LogP) is 4.60. The van der Waals surface area contributed by atoms with Crippen LogP contribution in [0.15, 0.2) is 28.6 Å². The average molecular weight is 383 g/mol. The Morgan fingerprint density at radius 2 is 2.20 bits per heavy atom. The summed E-state index contributed by atoms with van der Waals surface area (Å²) in [6, 6.07) is 6.35. The molecule has 2 N–H and O–H groups in total. The van der Waals surface area contributed by atoms with Crippen molar-refractivity contribution in [2.45, 2.75) is 49.9 Å². The van der Waals surface area contributed by atoms with Crippen molar-refractivity contribution >= 4 is 39.8 Å². The van der Waals surface area contributed by atoms with Crippen molar-refractivity contribution in [2.75, 3.05) is 11.1 Å². The molecule has 1 amide bonds. The molecule has 1 heterocycles. The van der Waals surface area contributed by atoms with Gasteiger partial charge in [-0.15, -0.1) is 10.2 Å². The molecule has 0 aliphatic carbocycles. The predicted molar refractivity (Wildman–Crippen MR) is 102 cm³/mol. The Hall–Kier alpha value is -1.67. The van der Waals surface area contributed by atoms with Gasteiger partial charge in [0.05, 0.1) is 5.75 Å². The van der Waals surface area contributed by atoms with Crippen molar-refractivity contribution in [3.8, 4) is 0 Å². The summed E-state index contributed by atoms with van der Waals surface area (Å²) in [7, 11) is 0. The van der Waals surface area contributed by atoms with Crippen LogP contribution in [0.25, 0.3) is 0 Å². The first kappa shape index (κ1) is 19.7. The van der Waals surface area contributed by atoms with Crippen molar-refractivity contribution in [3.05, 3.63) is 30.1 Å². The molecular formula is C17H23FN4OS2. The van der Waals surface area contributed by atoms with E-state index in [1.165, 1.54) is 48.1 Å². The van der Waals surface area contributed by atoms with E-state index in [0.717, 1.165) is 12.8 Å². The van der Waals surface area contributed by atoms with Crippen LogP contribution in [0.4, 0.5) is 15.2 Å². The minimum absolute atomic E-state index is 0.00355. The first-order valence-corrected chi connectivity index (χ1v) is 10.1. The highest BCUT2D eigenvalue weighted by molar-refractivity contribution is 8.01. The molecular weight excluding hydrogens is 359 g/mol. The number of halogens is 1. The van der Waals surface area contributed by atoms with Gasteiger partial charge in [0.25, 0.3) is 0 Å². The number of hydrogen-bond acceptors (Lipinski definition) is 6. The summed E-state index contributed by atoms with van der Waals surface area (Å²) in [5.74, 6) is 0.00451. The lowest BCUT2D eigenvalue weighted by atomic mass is 10.1. The minimum atomic E-state index is -0.311. The highest BCUT2D eigenvalue weighted by atomic mass is 32.2. The molecule has 0 fully saturated rings. The van der Waals surface area contributed by atoms with Gasteiger partial charge in [0.1, 0.15) is 5.82 Å². The average Bonchev–Trinajstić information content (AvgIpc) is 3.01. The lowest BCUT2D eigenvalue weighted by Gasteiger charge is -2.12. The molecule has 25 heavy (non-hydrogen) atoms. The normalized spacial score (nSPS) is 12.0. The molecule has 0 unspecified atom stereocenters. The van der Waals surface area contributed by atoms with Gasteiger partial charge in [0.2, 0.25) is 11.0 Å². The maximum Gasteiger partial charge on any atom is 0.230 e. The summed E-state index contributed by atoms with van der Waals surface area (Å²) in [6.07, 6.45) is 4.52. The van der Waals surface area contributed by atoms with Crippen LogP contribution in [0.2, 0.25) is 0 Å². The molecule has 8 heteroatoms. The highest BCUT2D eigenvalue weighted by Gasteiger charge is 2.11. The number of anilines is 2. The Labute approximate surface area is 155 Å². The second-order valence-electron chi connectivity index (χ2n) is 5.76. The Bertz CT molecular complexity index is 680. The maximum atomic E-state index is 13.2. The van der Waals surface area contributed by atoms with E-state index in [9.17, 15) is 9.18 Å². The van der Waals surface area contributed by atoms with E-state index >= 15 is 0 Å². The maximum absolute atomic E-state index is 13.2. The number of hydrogen-bond donors (Lipinski definition) is 2. The molecule has 0 bridgehead atoms. The number of carbonyl (C=O) groups is 1. The summed E-state index contributed by atoms with van der Waals surface area (Å²) in [4.78, 5) is 12.0. The van der Waals surface area contributed by atoms with E-state index in [4.69, 9.17) is 0 Å².